The van der Waals surface area contributed by atoms with Gasteiger partial charge in [0.05, 0.1) is 6.61 Å². The van der Waals surface area contributed by atoms with Crippen LogP contribution in [0, 0.1) is 0 Å². The second-order valence-corrected chi connectivity index (χ2v) is 6.15. The number of hydrogen-bond acceptors (Lipinski definition) is 4. The average molecular weight is 331 g/mol. The summed E-state index contributed by atoms with van der Waals surface area (Å²) in [6.45, 7) is 2.20. The molecule has 5 nitrogen and oxygen atoms in total. The quantitative estimate of drug-likeness (QED) is 0.862. The van der Waals surface area contributed by atoms with E-state index in [4.69, 9.17) is 4.74 Å². The van der Waals surface area contributed by atoms with Gasteiger partial charge < -0.3 is 4.74 Å². The first-order valence-corrected chi connectivity index (χ1v) is 7.45. The van der Waals surface area contributed by atoms with Crippen LogP contribution in [0.15, 0.2) is 46.3 Å². The Morgan fingerprint density at radius 3 is 2.83 bits per heavy atom. The molecule has 96 valence electrons. The lowest BCUT2D eigenvalue weighted by Gasteiger charge is -2.11. The van der Waals surface area contributed by atoms with Crippen LogP contribution >= 0.6 is 15.9 Å². The van der Waals surface area contributed by atoms with Gasteiger partial charge in [0.15, 0.2) is 0 Å². The van der Waals surface area contributed by atoms with Crippen molar-refractivity contribution in [1.29, 1.82) is 0 Å². The number of halogens is 1. The van der Waals surface area contributed by atoms with Gasteiger partial charge in [0.2, 0.25) is 0 Å². The van der Waals surface area contributed by atoms with Crippen molar-refractivity contribution in [2.75, 3.05) is 6.61 Å². The third-order valence-electron chi connectivity index (χ3n) is 2.24. The highest BCUT2D eigenvalue weighted by Crippen LogP contribution is 2.29. The standard InChI is InChI=1S/C11H11BrN2O3S/c1-2-17-10-4-3-9(12)7-11(10)18(15,16)14-6-5-13-8-14/h3-8H,2H2,1H3. The highest BCUT2D eigenvalue weighted by Gasteiger charge is 2.21. The third-order valence-corrected chi connectivity index (χ3v) is 4.38. The van der Waals surface area contributed by atoms with E-state index >= 15 is 0 Å². The number of aromatic nitrogens is 2. The molecule has 0 atom stereocenters. The first-order chi connectivity index (χ1) is 8.55. The average Bonchev–Trinajstić information content (AvgIpc) is 2.86. The Morgan fingerprint density at radius 2 is 2.22 bits per heavy atom. The fraction of sp³-hybridized carbons (Fsp3) is 0.182. The first kappa shape index (κ1) is 13.1. The van der Waals surface area contributed by atoms with E-state index in [1.165, 1.54) is 24.8 Å². The van der Waals surface area contributed by atoms with Crippen LogP contribution in [0.5, 0.6) is 5.75 Å². The zero-order valence-electron chi connectivity index (χ0n) is 9.58. The zero-order chi connectivity index (χ0) is 13.2. The molecule has 0 fully saturated rings. The molecule has 1 aromatic heterocycles. The van der Waals surface area contributed by atoms with Crippen molar-refractivity contribution in [2.45, 2.75) is 11.8 Å². The molecule has 0 aliphatic rings. The lowest BCUT2D eigenvalue weighted by atomic mass is 10.3. The van der Waals surface area contributed by atoms with E-state index in [1.807, 2.05) is 0 Å². The van der Waals surface area contributed by atoms with E-state index in [9.17, 15) is 8.42 Å². The van der Waals surface area contributed by atoms with Crippen molar-refractivity contribution in [1.82, 2.24) is 8.96 Å². The molecule has 0 unspecified atom stereocenters. The van der Waals surface area contributed by atoms with Crippen LogP contribution in [0.25, 0.3) is 0 Å². The van der Waals surface area contributed by atoms with E-state index in [1.54, 1.807) is 19.1 Å². The van der Waals surface area contributed by atoms with Crippen LogP contribution in [0.2, 0.25) is 0 Å². The number of hydrogen-bond donors (Lipinski definition) is 0. The molecule has 0 aliphatic carbocycles. The maximum absolute atomic E-state index is 12.4. The summed E-state index contributed by atoms with van der Waals surface area (Å²) in [5, 5.41) is 0. The van der Waals surface area contributed by atoms with Gasteiger partial charge in [0.1, 0.15) is 17.0 Å². The van der Waals surface area contributed by atoms with E-state index < -0.39 is 10.0 Å². The van der Waals surface area contributed by atoms with Gasteiger partial charge in [0, 0.05) is 16.9 Å². The van der Waals surface area contributed by atoms with Crippen molar-refractivity contribution >= 4 is 26.0 Å². The number of imidazole rings is 1. The molecule has 18 heavy (non-hydrogen) atoms. The molecule has 2 rings (SSSR count). The van der Waals surface area contributed by atoms with Gasteiger partial charge in [-0.2, -0.15) is 0 Å². The second-order valence-electron chi connectivity index (χ2n) is 3.42. The fourth-order valence-electron chi connectivity index (χ4n) is 1.46. The molecule has 0 saturated heterocycles. The molecule has 2 aromatic rings. The van der Waals surface area contributed by atoms with Crippen molar-refractivity contribution in [3.63, 3.8) is 0 Å². The fourth-order valence-corrected chi connectivity index (χ4v) is 3.25. The van der Waals surface area contributed by atoms with E-state index in [0.717, 1.165) is 3.97 Å². The van der Waals surface area contributed by atoms with E-state index in [0.29, 0.717) is 16.8 Å². The summed E-state index contributed by atoms with van der Waals surface area (Å²) in [6.07, 6.45) is 4.04. The summed E-state index contributed by atoms with van der Waals surface area (Å²) >= 11 is 3.26. The maximum Gasteiger partial charge on any atom is 0.272 e. The summed E-state index contributed by atoms with van der Waals surface area (Å²) in [4.78, 5) is 3.85. The van der Waals surface area contributed by atoms with Crippen molar-refractivity contribution in [3.8, 4) is 5.75 Å². The third kappa shape index (κ3) is 2.41. The van der Waals surface area contributed by atoms with Crippen LogP contribution in [-0.4, -0.2) is 24.0 Å². The minimum absolute atomic E-state index is 0.108. The van der Waals surface area contributed by atoms with Gasteiger partial charge in [-0.25, -0.2) is 17.4 Å². The van der Waals surface area contributed by atoms with Gasteiger partial charge in [-0.3, -0.25) is 0 Å². The highest BCUT2D eigenvalue weighted by molar-refractivity contribution is 9.10. The summed E-state index contributed by atoms with van der Waals surface area (Å²) in [5.74, 6) is 0.328. The Kier molecular flexibility index (Phi) is 3.72. The molecule has 1 heterocycles. The highest BCUT2D eigenvalue weighted by atomic mass is 79.9. The van der Waals surface area contributed by atoms with E-state index in [-0.39, 0.29) is 4.90 Å². The van der Waals surface area contributed by atoms with Crippen LogP contribution in [-0.2, 0) is 10.0 Å². The van der Waals surface area contributed by atoms with Gasteiger partial charge in [0.25, 0.3) is 10.0 Å². The number of benzene rings is 1. The van der Waals surface area contributed by atoms with E-state index in [2.05, 4.69) is 20.9 Å². The Bertz CT molecular complexity index is 638. The first-order valence-electron chi connectivity index (χ1n) is 5.21. The SMILES string of the molecule is CCOc1ccc(Br)cc1S(=O)(=O)n1ccnc1. The number of nitrogens with zero attached hydrogens (tertiary/aromatic N) is 2. The minimum atomic E-state index is -3.67. The van der Waals surface area contributed by atoms with Crippen LogP contribution in [0.3, 0.4) is 0 Å². The molecular weight excluding hydrogens is 320 g/mol. The summed E-state index contributed by atoms with van der Waals surface area (Å²) in [6, 6.07) is 4.87. The number of rotatable bonds is 4. The lowest BCUT2D eigenvalue weighted by molar-refractivity contribution is 0.331. The predicted octanol–water partition coefficient (Wildman–Crippen LogP) is 2.28. The molecule has 0 saturated carbocycles. The Morgan fingerprint density at radius 1 is 1.44 bits per heavy atom. The van der Waals surface area contributed by atoms with Gasteiger partial charge in [-0.1, -0.05) is 15.9 Å². The molecule has 0 N–H and O–H groups in total. The predicted molar refractivity (Wildman–Crippen MR) is 70.1 cm³/mol. The molecular formula is C11H11BrN2O3S. The second kappa shape index (κ2) is 5.11. The van der Waals surface area contributed by atoms with Crippen LogP contribution in [0.1, 0.15) is 6.92 Å². The molecule has 0 radical (unpaired) electrons. The van der Waals surface area contributed by atoms with Crippen molar-refractivity contribution < 1.29 is 13.2 Å². The zero-order valence-corrected chi connectivity index (χ0v) is 12.0. The molecule has 1 aromatic carbocycles. The largest absolute Gasteiger partial charge is 0.492 e. The Balaban J connectivity index is 2.59. The molecule has 0 amide bonds. The molecule has 0 bridgehead atoms. The summed E-state index contributed by atoms with van der Waals surface area (Å²) < 4.78 is 31.8. The summed E-state index contributed by atoms with van der Waals surface area (Å²) in [7, 11) is -3.67. The molecule has 0 spiro atoms. The normalized spacial score (nSPS) is 11.4. The minimum Gasteiger partial charge on any atom is -0.492 e. The van der Waals surface area contributed by atoms with Crippen LogP contribution < -0.4 is 4.74 Å². The maximum atomic E-state index is 12.4. The van der Waals surface area contributed by atoms with Crippen molar-refractivity contribution in [2.24, 2.45) is 0 Å². The number of ether oxygens (including phenoxy) is 1. The van der Waals surface area contributed by atoms with Gasteiger partial charge in [-0.15, -0.1) is 0 Å². The van der Waals surface area contributed by atoms with Gasteiger partial charge >= 0.3 is 0 Å². The van der Waals surface area contributed by atoms with Crippen molar-refractivity contribution in [3.05, 3.63) is 41.4 Å². The summed E-state index contributed by atoms with van der Waals surface area (Å²) in [5.41, 5.74) is 0. The Labute approximate surface area is 114 Å². The monoisotopic (exact) mass is 330 g/mol. The lowest BCUT2D eigenvalue weighted by Crippen LogP contribution is -2.12. The smallest absolute Gasteiger partial charge is 0.272 e. The van der Waals surface area contributed by atoms with Crippen LogP contribution in [0.4, 0.5) is 0 Å². The topological polar surface area (TPSA) is 61.2 Å². The Hall–Kier alpha value is -1.34. The molecule has 0 aliphatic heterocycles. The molecule has 7 heteroatoms. The van der Waals surface area contributed by atoms with Gasteiger partial charge in [-0.05, 0) is 25.1 Å².